The van der Waals surface area contributed by atoms with Crippen LogP contribution in [0.3, 0.4) is 0 Å². The molecule has 1 aromatic carbocycles. The first-order valence-corrected chi connectivity index (χ1v) is 9.19. The molecule has 3 atom stereocenters. The molecule has 6 heteroatoms. The summed E-state index contributed by atoms with van der Waals surface area (Å²) < 4.78 is 13.9. The maximum Gasteiger partial charge on any atom is 0.317 e. The number of carbonyl (C=O) groups excluding carboxylic acids is 1. The first-order chi connectivity index (χ1) is 11.1. The van der Waals surface area contributed by atoms with Gasteiger partial charge >= 0.3 is 6.03 Å². The number of hydrogen-bond donors (Lipinski definition) is 2. The van der Waals surface area contributed by atoms with Crippen LogP contribution in [-0.4, -0.2) is 41.0 Å². The second kappa shape index (κ2) is 7.09. The Kier molecular flexibility index (Phi) is 5.11. The maximum atomic E-state index is 13.9. The van der Waals surface area contributed by atoms with Crippen LogP contribution in [0.5, 0.6) is 0 Å². The number of benzene rings is 1. The highest BCUT2D eigenvalue weighted by molar-refractivity contribution is 7.99. The Balaban J connectivity index is 1.68. The fraction of sp³-hybridized carbons (Fsp3) is 0.588. The van der Waals surface area contributed by atoms with Gasteiger partial charge in [0.1, 0.15) is 5.82 Å². The Morgan fingerprint density at radius 3 is 3.09 bits per heavy atom. The molecule has 2 amide bonds. The molecule has 1 aromatic rings. The Labute approximate surface area is 140 Å². The number of nitrogens with zero attached hydrogens (tertiary/aromatic N) is 1. The summed E-state index contributed by atoms with van der Waals surface area (Å²) in [5.41, 5.74) is 0.874. The highest BCUT2D eigenvalue weighted by Crippen LogP contribution is 2.37. The smallest absolute Gasteiger partial charge is 0.317 e. The van der Waals surface area contributed by atoms with E-state index in [0.29, 0.717) is 18.0 Å². The fourth-order valence-corrected chi connectivity index (χ4v) is 4.51. The van der Waals surface area contributed by atoms with Crippen molar-refractivity contribution in [1.29, 1.82) is 0 Å². The first kappa shape index (κ1) is 16.6. The Morgan fingerprint density at radius 1 is 1.48 bits per heavy atom. The van der Waals surface area contributed by atoms with Crippen molar-refractivity contribution in [3.05, 3.63) is 29.6 Å². The number of urea groups is 1. The highest BCUT2D eigenvalue weighted by Gasteiger charge is 2.29. The van der Waals surface area contributed by atoms with Gasteiger partial charge in [-0.3, -0.25) is 0 Å². The average Bonchev–Trinajstić information content (AvgIpc) is 2.56. The lowest BCUT2D eigenvalue weighted by molar-refractivity contribution is 0.0732. The summed E-state index contributed by atoms with van der Waals surface area (Å²) in [5.74, 6) is 0.731. The molecule has 1 fully saturated rings. The number of nitrogens with one attached hydrogen (secondary N) is 1. The molecule has 1 saturated heterocycles. The third kappa shape index (κ3) is 3.63. The number of hydrogen-bond acceptors (Lipinski definition) is 3. The van der Waals surface area contributed by atoms with Gasteiger partial charge in [-0.2, -0.15) is 0 Å². The van der Waals surface area contributed by atoms with E-state index in [-0.39, 0.29) is 23.8 Å². The molecule has 0 saturated carbocycles. The monoisotopic (exact) mass is 338 g/mol. The van der Waals surface area contributed by atoms with Gasteiger partial charge in [0.15, 0.2) is 0 Å². The summed E-state index contributed by atoms with van der Waals surface area (Å²) in [4.78, 5) is 15.0. The zero-order valence-electron chi connectivity index (χ0n) is 13.3. The number of rotatable bonds is 2. The number of piperidine rings is 1. The normalized spacial score (nSPS) is 25.6. The summed E-state index contributed by atoms with van der Waals surface area (Å²) >= 11 is 1.51. The van der Waals surface area contributed by atoms with Crippen molar-refractivity contribution in [3.8, 4) is 0 Å². The van der Waals surface area contributed by atoms with Gasteiger partial charge in [0.25, 0.3) is 0 Å². The maximum absolute atomic E-state index is 13.9. The van der Waals surface area contributed by atoms with E-state index in [4.69, 9.17) is 0 Å². The second-order valence-electron chi connectivity index (χ2n) is 6.39. The quantitative estimate of drug-likeness (QED) is 0.871. The van der Waals surface area contributed by atoms with Crippen LogP contribution in [-0.2, 0) is 0 Å². The Hall–Kier alpha value is -1.27. The molecule has 4 nitrogen and oxygen atoms in total. The molecule has 23 heavy (non-hydrogen) atoms. The summed E-state index contributed by atoms with van der Waals surface area (Å²) in [6.07, 6.45) is 2.27. The minimum absolute atomic E-state index is 0.109. The van der Waals surface area contributed by atoms with Crippen molar-refractivity contribution in [1.82, 2.24) is 10.2 Å². The number of aliphatic hydroxyl groups is 1. The van der Waals surface area contributed by atoms with Gasteiger partial charge in [0.05, 0.1) is 12.1 Å². The van der Waals surface area contributed by atoms with Crippen molar-refractivity contribution >= 4 is 17.8 Å². The van der Waals surface area contributed by atoms with Crippen molar-refractivity contribution in [3.63, 3.8) is 0 Å². The summed E-state index contributed by atoms with van der Waals surface area (Å²) in [6.45, 7) is 3.08. The minimum Gasteiger partial charge on any atom is -0.393 e. The molecule has 2 heterocycles. The lowest BCUT2D eigenvalue weighted by atomic mass is 9.93. The molecule has 3 rings (SSSR count). The molecule has 3 unspecified atom stereocenters. The fourth-order valence-electron chi connectivity index (χ4n) is 3.36. The van der Waals surface area contributed by atoms with Gasteiger partial charge in [-0.05, 0) is 37.8 Å². The number of amides is 2. The SMILES string of the molecule is CC(O)C1CCCN(C(=O)NC2CCSc3c(F)cccc32)C1. The van der Waals surface area contributed by atoms with Crippen molar-refractivity contribution in [2.45, 2.75) is 43.2 Å². The molecule has 2 aliphatic heterocycles. The van der Waals surface area contributed by atoms with Crippen molar-refractivity contribution < 1.29 is 14.3 Å². The largest absolute Gasteiger partial charge is 0.393 e. The molecule has 0 spiro atoms. The summed E-state index contributed by atoms with van der Waals surface area (Å²) in [6, 6.07) is 4.81. The van der Waals surface area contributed by atoms with Crippen molar-refractivity contribution in [2.75, 3.05) is 18.8 Å². The summed E-state index contributed by atoms with van der Waals surface area (Å²) in [7, 11) is 0. The molecule has 0 bridgehead atoms. The third-order valence-electron chi connectivity index (χ3n) is 4.75. The van der Waals surface area contributed by atoms with E-state index in [1.165, 1.54) is 17.8 Å². The molecule has 0 radical (unpaired) electrons. The van der Waals surface area contributed by atoms with E-state index < -0.39 is 6.10 Å². The molecule has 0 aliphatic carbocycles. The van der Waals surface area contributed by atoms with E-state index in [2.05, 4.69) is 5.32 Å². The predicted octanol–water partition coefficient (Wildman–Crippen LogP) is 3.17. The van der Waals surface area contributed by atoms with Gasteiger partial charge in [0, 0.05) is 29.7 Å². The molecular formula is C17H23FN2O2S. The number of carbonyl (C=O) groups is 1. The second-order valence-corrected chi connectivity index (χ2v) is 7.49. The van der Waals surface area contributed by atoms with Crippen LogP contribution >= 0.6 is 11.8 Å². The van der Waals surface area contributed by atoms with Gasteiger partial charge < -0.3 is 15.3 Å². The summed E-state index contributed by atoms with van der Waals surface area (Å²) in [5, 5.41) is 12.8. The van der Waals surface area contributed by atoms with E-state index >= 15 is 0 Å². The lowest BCUT2D eigenvalue weighted by Crippen LogP contribution is -2.48. The first-order valence-electron chi connectivity index (χ1n) is 8.21. The van der Waals surface area contributed by atoms with Crippen LogP contribution in [0.25, 0.3) is 0 Å². The topological polar surface area (TPSA) is 52.6 Å². The van der Waals surface area contributed by atoms with Crippen LogP contribution in [0, 0.1) is 11.7 Å². The lowest BCUT2D eigenvalue weighted by Gasteiger charge is -2.36. The van der Waals surface area contributed by atoms with E-state index in [1.807, 2.05) is 6.07 Å². The Bertz CT molecular complexity index is 582. The highest BCUT2D eigenvalue weighted by atomic mass is 32.2. The van der Waals surface area contributed by atoms with E-state index in [0.717, 1.165) is 30.6 Å². The zero-order valence-corrected chi connectivity index (χ0v) is 14.1. The van der Waals surface area contributed by atoms with Gasteiger partial charge in [-0.15, -0.1) is 11.8 Å². The molecular weight excluding hydrogens is 315 g/mol. The van der Waals surface area contributed by atoms with Crippen LogP contribution in [0.1, 0.15) is 37.8 Å². The average molecular weight is 338 g/mol. The predicted molar refractivity (Wildman–Crippen MR) is 89.0 cm³/mol. The number of halogens is 1. The molecule has 2 N–H and O–H groups in total. The number of fused-ring (bicyclic) bond motifs is 1. The number of thioether (sulfide) groups is 1. The van der Waals surface area contributed by atoms with Gasteiger partial charge in [0.2, 0.25) is 0 Å². The zero-order chi connectivity index (χ0) is 16.4. The van der Waals surface area contributed by atoms with E-state index in [1.54, 1.807) is 17.9 Å². The molecule has 126 valence electrons. The molecule has 2 aliphatic rings. The van der Waals surface area contributed by atoms with E-state index in [9.17, 15) is 14.3 Å². The third-order valence-corrected chi connectivity index (χ3v) is 5.91. The molecule has 0 aromatic heterocycles. The van der Waals surface area contributed by atoms with Gasteiger partial charge in [-0.1, -0.05) is 12.1 Å². The number of likely N-dealkylation sites (tertiary alicyclic amines) is 1. The standard InChI is InChI=1S/C17H23FN2O2S/c1-11(21)12-4-3-8-20(10-12)17(22)19-15-7-9-23-16-13(15)5-2-6-14(16)18/h2,5-6,11-12,15,21H,3-4,7-10H2,1H3,(H,19,22). The van der Waals surface area contributed by atoms with Crippen LogP contribution < -0.4 is 5.32 Å². The van der Waals surface area contributed by atoms with Crippen LogP contribution in [0.4, 0.5) is 9.18 Å². The number of aliphatic hydroxyl groups excluding tert-OH is 1. The minimum atomic E-state index is -0.397. The van der Waals surface area contributed by atoms with Crippen molar-refractivity contribution in [2.24, 2.45) is 5.92 Å². The Morgan fingerprint density at radius 2 is 2.30 bits per heavy atom. The van der Waals surface area contributed by atoms with Crippen LogP contribution in [0.15, 0.2) is 23.1 Å². The van der Waals surface area contributed by atoms with Gasteiger partial charge in [-0.25, -0.2) is 9.18 Å². The van der Waals surface area contributed by atoms with Crippen LogP contribution in [0.2, 0.25) is 0 Å².